The molecule has 0 radical (unpaired) electrons. The Labute approximate surface area is 140 Å². The smallest absolute Gasteiger partial charge is 0.291 e. The highest BCUT2D eigenvalue weighted by Crippen LogP contribution is 2.44. The van der Waals surface area contributed by atoms with E-state index in [1.54, 1.807) is 24.3 Å². The number of hydrogen-bond acceptors (Lipinski definition) is 3. The van der Waals surface area contributed by atoms with Gasteiger partial charge < -0.3 is 14.8 Å². The standard InChI is InChI=1S/C18H20ClNO3/c1-10-15-13(21)8-18(2,3)9-14(15)23-16(10)17(22)20-12-6-4-5-11(19)7-12/h4-7,13,21H,8-9H2,1-3H3,(H,20,22)/t13-/m1/s1. The van der Waals surface area contributed by atoms with E-state index in [2.05, 4.69) is 19.2 Å². The van der Waals surface area contributed by atoms with Crippen LogP contribution >= 0.6 is 11.6 Å². The average Bonchev–Trinajstić information content (AvgIpc) is 2.74. The molecule has 122 valence electrons. The SMILES string of the molecule is Cc1c(C(=O)Nc2cccc(Cl)c2)oc2c1[C@H](O)CC(C)(C)C2. The molecule has 0 spiro atoms. The maximum absolute atomic E-state index is 12.5. The van der Waals surface area contributed by atoms with Gasteiger partial charge in [-0.05, 0) is 37.0 Å². The third-order valence-corrected chi connectivity index (χ3v) is 4.51. The molecule has 0 saturated heterocycles. The first kappa shape index (κ1) is 16.1. The van der Waals surface area contributed by atoms with Crippen LogP contribution in [-0.2, 0) is 6.42 Å². The number of nitrogens with one attached hydrogen (secondary N) is 1. The number of aliphatic hydroxyl groups excluding tert-OH is 1. The third kappa shape index (κ3) is 3.14. The number of carbonyl (C=O) groups is 1. The van der Waals surface area contributed by atoms with Gasteiger partial charge in [0.1, 0.15) is 5.76 Å². The molecule has 0 aliphatic heterocycles. The Kier molecular flexibility index (Phi) is 3.98. The van der Waals surface area contributed by atoms with Gasteiger partial charge in [0.05, 0.1) is 6.10 Å². The Morgan fingerprint density at radius 3 is 2.87 bits per heavy atom. The Balaban J connectivity index is 1.91. The van der Waals surface area contributed by atoms with E-state index in [1.165, 1.54) is 0 Å². The molecule has 23 heavy (non-hydrogen) atoms. The number of carbonyl (C=O) groups excluding carboxylic acids is 1. The Morgan fingerprint density at radius 2 is 2.17 bits per heavy atom. The van der Waals surface area contributed by atoms with Gasteiger partial charge in [-0.1, -0.05) is 31.5 Å². The van der Waals surface area contributed by atoms with E-state index in [4.69, 9.17) is 16.0 Å². The summed E-state index contributed by atoms with van der Waals surface area (Å²) in [5.74, 6) is 0.637. The van der Waals surface area contributed by atoms with Gasteiger partial charge in [0, 0.05) is 28.3 Å². The highest BCUT2D eigenvalue weighted by atomic mass is 35.5. The van der Waals surface area contributed by atoms with E-state index in [1.807, 2.05) is 6.92 Å². The lowest BCUT2D eigenvalue weighted by molar-refractivity contribution is 0.0910. The summed E-state index contributed by atoms with van der Waals surface area (Å²) < 4.78 is 5.80. The zero-order chi connectivity index (χ0) is 16.8. The van der Waals surface area contributed by atoms with E-state index < -0.39 is 6.10 Å². The van der Waals surface area contributed by atoms with Crippen molar-refractivity contribution in [3.05, 3.63) is 51.9 Å². The predicted molar refractivity (Wildman–Crippen MR) is 89.9 cm³/mol. The fourth-order valence-electron chi connectivity index (χ4n) is 3.26. The molecule has 3 rings (SSSR count). The maximum Gasteiger partial charge on any atom is 0.291 e. The van der Waals surface area contributed by atoms with Crippen LogP contribution in [0.5, 0.6) is 0 Å². The lowest BCUT2D eigenvalue weighted by Crippen LogP contribution is -2.24. The summed E-state index contributed by atoms with van der Waals surface area (Å²) in [5, 5.41) is 13.7. The zero-order valence-corrected chi connectivity index (χ0v) is 14.2. The lowest BCUT2D eigenvalue weighted by atomic mass is 9.75. The van der Waals surface area contributed by atoms with Crippen LogP contribution in [0.4, 0.5) is 5.69 Å². The molecule has 0 bridgehead atoms. The van der Waals surface area contributed by atoms with Crippen LogP contribution in [-0.4, -0.2) is 11.0 Å². The summed E-state index contributed by atoms with van der Waals surface area (Å²) in [7, 11) is 0. The van der Waals surface area contributed by atoms with Crippen molar-refractivity contribution < 1.29 is 14.3 Å². The number of rotatable bonds is 2. The fraction of sp³-hybridized carbons (Fsp3) is 0.389. The molecular weight excluding hydrogens is 314 g/mol. The number of halogens is 1. The van der Waals surface area contributed by atoms with Crippen LogP contribution < -0.4 is 5.32 Å². The Morgan fingerprint density at radius 1 is 1.43 bits per heavy atom. The molecule has 0 unspecified atom stereocenters. The number of benzene rings is 1. The minimum absolute atomic E-state index is 0.0442. The minimum Gasteiger partial charge on any atom is -0.455 e. The van der Waals surface area contributed by atoms with Crippen LogP contribution in [0.2, 0.25) is 5.02 Å². The highest BCUT2D eigenvalue weighted by molar-refractivity contribution is 6.30. The van der Waals surface area contributed by atoms with Crippen molar-refractivity contribution >= 4 is 23.2 Å². The summed E-state index contributed by atoms with van der Waals surface area (Å²) in [6.07, 6.45) is 0.783. The van der Waals surface area contributed by atoms with Gasteiger partial charge in [0.25, 0.3) is 5.91 Å². The van der Waals surface area contributed by atoms with E-state index in [0.29, 0.717) is 34.9 Å². The Hall–Kier alpha value is -1.78. The fourth-order valence-corrected chi connectivity index (χ4v) is 3.45. The molecule has 1 aliphatic carbocycles. The minimum atomic E-state index is -0.592. The zero-order valence-electron chi connectivity index (χ0n) is 13.4. The first-order valence-corrected chi connectivity index (χ1v) is 8.02. The second-order valence-corrected chi connectivity index (χ2v) is 7.35. The molecule has 1 atom stereocenters. The molecule has 0 saturated carbocycles. The topological polar surface area (TPSA) is 62.5 Å². The molecule has 1 aromatic heterocycles. The number of hydrogen-bond donors (Lipinski definition) is 2. The van der Waals surface area contributed by atoms with Crippen molar-refractivity contribution in [3.8, 4) is 0 Å². The van der Waals surface area contributed by atoms with E-state index in [9.17, 15) is 9.90 Å². The van der Waals surface area contributed by atoms with E-state index >= 15 is 0 Å². The molecule has 1 aromatic carbocycles. The van der Waals surface area contributed by atoms with Gasteiger partial charge in [-0.2, -0.15) is 0 Å². The Bertz CT molecular complexity index is 764. The van der Waals surface area contributed by atoms with Crippen LogP contribution in [0, 0.1) is 12.3 Å². The molecule has 1 amide bonds. The summed E-state index contributed by atoms with van der Waals surface area (Å²) in [5.41, 5.74) is 2.04. The molecule has 2 aromatic rings. The van der Waals surface area contributed by atoms with Crippen molar-refractivity contribution in [1.82, 2.24) is 0 Å². The first-order chi connectivity index (χ1) is 10.8. The molecule has 0 fully saturated rings. The van der Waals surface area contributed by atoms with Crippen LogP contribution in [0.25, 0.3) is 0 Å². The molecule has 5 heteroatoms. The molecule has 1 heterocycles. The number of anilines is 1. The number of aliphatic hydroxyl groups is 1. The average molecular weight is 334 g/mol. The second kappa shape index (κ2) is 5.69. The van der Waals surface area contributed by atoms with Crippen molar-refractivity contribution in [2.75, 3.05) is 5.32 Å². The van der Waals surface area contributed by atoms with Gasteiger partial charge in [0.2, 0.25) is 0 Å². The van der Waals surface area contributed by atoms with Crippen LogP contribution in [0.3, 0.4) is 0 Å². The van der Waals surface area contributed by atoms with Gasteiger partial charge >= 0.3 is 0 Å². The van der Waals surface area contributed by atoms with Crippen LogP contribution in [0.15, 0.2) is 28.7 Å². The summed E-state index contributed by atoms with van der Waals surface area (Å²) in [6, 6.07) is 6.95. The number of furan rings is 1. The third-order valence-electron chi connectivity index (χ3n) is 4.28. The van der Waals surface area contributed by atoms with Crippen molar-refractivity contribution in [3.63, 3.8) is 0 Å². The maximum atomic E-state index is 12.5. The summed E-state index contributed by atoms with van der Waals surface area (Å²) >= 11 is 5.93. The monoisotopic (exact) mass is 333 g/mol. The predicted octanol–water partition coefficient (Wildman–Crippen LogP) is 4.50. The highest BCUT2D eigenvalue weighted by Gasteiger charge is 2.37. The van der Waals surface area contributed by atoms with Gasteiger partial charge in [-0.3, -0.25) is 4.79 Å². The first-order valence-electron chi connectivity index (χ1n) is 7.64. The number of amides is 1. The lowest BCUT2D eigenvalue weighted by Gasteiger charge is -2.31. The number of fused-ring (bicyclic) bond motifs is 1. The second-order valence-electron chi connectivity index (χ2n) is 6.92. The van der Waals surface area contributed by atoms with Gasteiger partial charge in [0.15, 0.2) is 5.76 Å². The van der Waals surface area contributed by atoms with Crippen LogP contribution in [0.1, 0.15) is 53.8 Å². The van der Waals surface area contributed by atoms with E-state index in [0.717, 1.165) is 5.56 Å². The normalized spacial score (nSPS) is 19.3. The van der Waals surface area contributed by atoms with E-state index in [-0.39, 0.29) is 17.1 Å². The quantitative estimate of drug-likeness (QED) is 0.850. The van der Waals surface area contributed by atoms with Crippen molar-refractivity contribution in [2.24, 2.45) is 5.41 Å². The van der Waals surface area contributed by atoms with Crippen molar-refractivity contribution in [1.29, 1.82) is 0 Å². The molecule has 2 N–H and O–H groups in total. The molecule has 1 aliphatic rings. The van der Waals surface area contributed by atoms with Gasteiger partial charge in [-0.15, -0.1) is 0 Å². The summed E-state index contributed by atoms with van der Waals surface area (Å²) in [6.45, 7) is 5.99. The summed E-state index contributed by atoms with van der Waals surface area (Å²) in [4.78, 5) is 12.5. The molecular formula is C18H20ClNO3. The van der Waals surface area contributed by atoms with Crippen molar-refractivity contribution in [2.45, 2.75) is 39.7 Å². The van der Waals surface area contributed by atoms with Gasteiger partial charge in [-0.25, -0.2) is 0 Å². The molecule has 4 nitrogen and oxygen atoms in total. The largest absolute Gasteiger partial charge is 0.455 e.